The maximum Gasteiger partial charge on any atom is 0.306 e. The minimum absolute atomic E-state index is 0.0608. The molecule has 416 valence electrons. The van der Waals surface area contributed by atoms with Crippen LogP contribution in [0, 0.1) is 0 Å². The fourth-order valence-electron chi connectivity index (χ4n) is 10.0. The summed E-state index contributed by atoms with van der Waals surface area (Å²) in [5.41, 5.74) is 0. The molecular weight excluding hydrogens is 865 g/mol. The minimum atomic E-state index is -0.761. The van der Waals surface area contributed by atoms with E-state index in [4.69, 9.17) is 14.2 Å². The Kier molecular flexibility index (Phi) is 58.6. The minimum Gasteiger partial charge on any atom is -0.462 e. The van der Waals surface area contributed by atoms with Crippen molar-refractivity contribution in [1.29, 1.82) is 0 Å². The second-order valence-electron chi connectivity index (χ2n) is 22.1. The number of carbonyl (C=O) groups excluding carboxylic acids is 3. The third-order valence-corrected chi connectivity index (χ3v) is 14.9. The van der Waals surface area contributed by atoms with Crippen molar-refractivity contribution in [1.82, 2.24) is 0 Å². The summed E-state index contributed by atoms with van der Waals surface area (Å²) in [4.78, 5) is 38.2. The lowest BCUT2D eigenvalue weighted by atomic mass is 10.0. The first-order chi connectivity index (χ1) is 34.5. The fraction of sp³-hybridized carbons (Fsp3) is 0.953. The Balaban J connectivity index is 4.17. The first-order valence-electron chi connectivity index (χ1n) is 32.0. The highest BCUT2D eigenvalue weighted by atomic mass is 16.6. The van der Waals surface area contributed by atoms with Crippen molar-refractivity contribution in [3.8, 4) is 0 Å². The summed E-state index contributed by atoms with van der Waals surface area (Å²) >= 11 is 0. The Morgan fingerprint density at radius 2 is 0.386 bits per heavy atom. The van der Waals surface area contributed by atoms with E-state index >= 15 is 0 Å². The largest absolute Gasteiger partial charge is 0.462 e. The van der Waals surface area contributed by atoms with Gasteiger partial charge in [0.1, 0.15) is 13.2 Å². The maximum atomic E-state index is 12.9. The predicted molar refractivity (Wildman–Crippen MR) is 303 cm³/mol. The highest BCUT2D eigenvalue weighted by Gasteiger charge is 2.19. The smallest absolute Gasteiger partial charge is 0.306 e. The van der Waals surface area contributed by atoms with Crippen LogP contribution in [0.15, 0.2) is 0 Å². The van der Waals surface area contributed by atoms with Crippen LogP contribution in [-0.2, 0) is 28.6 Å². The van der Waals surface area contributed by atoms with Crippen LogP contribution in [0.5, 0.6) is 0 Å². The summed E-state index contributed by atoms with van der Waals surface area (Å²) in [6.45, 7) is 6.71. The highest BCUT2D eigenvalue weighted by Crippen LogP contribution is 2.19. The second kappa shape index (κ2) is 60.0. The van der Waals surface area contributed by atoms with E-state index in [0.29, 0.717) is 19.3 Å². The molecule has 0 amide bonds. The van der Waals surface area contributed by atoms with Crippen molar-refractivity contribution >= 4 is 17.9 Å². The van der Waals surface area contributed by atoms with Crippen molar-refractivity contribution in [2.45, 2.75) is 380 Å². The van der Waals surface area contributed by atoms with Crippen molar-refractivity contribution in [2.24, 2.45) is 0 Å². The lowest BCUT2D eigenvalue weighted by Crippen LogP contribution is -2.30. The third kappa shape index (κ3) is 57.3. The van der Waals surface area contributed by atoms with Crippen LogP contribution in [0.2, 0.25) is 0 Å². The van der Waals surface area contributed by atoms with Gasteiger partial charge in [0.2, 0.25) is 0 Å². The molecule has 1 atom stereocenters. The van der Waals surface area contributed by atoms with E-state index in [1.165, 1.54) is 276 Å². The Morgan fingerprint density at radius 1 is 0.229 bits per heavy atom. The molecule has 0 N–H and O–H groups in total. The summed E-state index contributed by atoms with van der Waals surface area (Å²) in [5, 5.41) is 0. The maximum absolute atomic E-state index is 12.9. The standard InChI is InChI=1S/C64H124O6/c1-4-7-10-13-16-19-22-24-26-28-30-32-34-36-38-40-42-45-48-51-54-57-63(66)69-60-61(59-68-62(65)56-53-50-47-44-21-18-15-12-9-6-3)70-64(67)58-55-52-49-46-43-41-39-37-35-33-31-29-27-25-23-20-17-14-11-8-5-2/h61H,4-60H2,1-3H3. The van der Waals surface area contributed by atoms with E-state index in [9.17, 15) is 14.4 Å². The van der Waals surface area contributed by atoms with Gasteiger partial charge in [-0.1, -0.05) is 335 Å². The van der Waals surface area contributed by atoms with Crippen LogP contribution in [0.4, 0.5) is 0 Å². The van der Waals surface area contributed by atoms with Gasteiger partial charge in [0.15, 0.2) is 6.10 Å². The van der Waals surface area contributed by atoms with Gasteiger partial charge in [-0.25, -0.2) is 0 Å². The highest BCUT2D eigenvalue weighted by molar-refractivity contribution is 5.71. The van der Waals surface area contributed by atoms with Crippen LogP contribution >= 0.6 is 0 Å². The van der Waals surface area contributed by atoms with E-state index in [1.807, 2.05) is 0 Å². The zero-order valence-corrected chi connectivity index (χ0v) is 47.8. The second-order valence-corrected chi connectivity index (χ2v) is 22.1. The molecule has 6 nitrogen and oxygen atoms in total. The molecule has 0 fully saturated rings. The fourth-order valence-corrected chi connectivity index (χ4v) is 10.0. The van der Waals surface area contributed by atoms with Crippen LogP contribution < -0.4 is 0 Å². The summed E-state index contributed by atoms with van der Waals surface area (Å²) in [6, 6.07) is 0. The van der Waals surface area contributed by atoms with Gasteiger partial charge in [-0.15, -0.1) is 0 Å². The van der Waals surface area contributed by atoms with Gasteiger partial charge in [0.25, 0.3) is 0 Å². The van der Waals surface area contributed by atoms with E-state index in [2.05, 4.69) is 20.8 Å². The Labute approximate surface area is 438 Å². The molecule has 0 aliphatic heterocycles. The Hall–Kier alpha value is -1.59. The molecular formula is C64H124O6. The summed E-state index contributed by atoms with van der Waals surface area (Å²) in [6.07, 6.45) is 68.3. The molecule has 0 heterocycles. The number of carbonyl (C=O) groups is 3. The van der Waals surface area contributed by atoms with Crippen LogP contribution in [0.25, 0.3) is 0 Å². The molecule has 70 heavy (non-hydrogen) atoms. The molecule has 0 aliphatic rings. The van der Waals surface area contributed by atoms with E-state index in [0.717, 1.165) is 57.8 Å². The number of hydrogen-bond donors (Lipinski definition) is 0. The van der Waals surface area contributed by atoms with Gasteiger partial charge in [0, 0.05) is 19.3 Å². The quantitative estimate of drug-likeness (QED) is 0.0343. The molecule has 0 saturated carbocycles. The Morgan fingerprint density at radius 3 is 0.571 bits per heavy atom. The predicted octanol–water partition coefficient (Wildman–Crippen LogP) is 21.5. The average molecular weight is 990 g/mol. The zero-order valence-electron chi connectivity index (χ0n) is 47.8. The van der Waals surface area contributed by atoms with Crippen molar-refractivity contribution in [3.63, 3.8) is 0 Å². The molecule has 0 aromatic heterocycles. The van der Waals surface area contributed by atoms with Gasteiger partial charge in [-0.3, -0.25) is 14.4 Å². The van der Waals surface area contributed by atoms with Crippen molar-refractivity contribution in [2.75, 3.05) is 13.2 Å². The van der Waals surface area contributed by atoms with E-state index < -0.39 is 6.10 Å². The summed E-state index contributed by atoms with van der Waals surface area (Å²) < 4.78 is 16.9. The van der Waals surface area contributed by atoms with E-state index in [1.54, 1.807) is 0 Å². The number of unbranched alkanes of at least 4 members (excludes halogenated alkanes) is 49. The van der Waals surface area contributed by atoms with Crippen LogP contribution in [-0.4, -0.2) is 37.2 Å². The first-order valence-corrected chi connectivity index (χ1v) is 32.0. The first kappa shape index (κ1) is 68.4. The SMILES string of the molecule is CCCCCCCCCCCCCCCCCCCCCCCC(=O)OCC(COC(=O)CCCCCCCCCCCC)OC(=O)CCCCCCCCCCCCCCCCCCCCCCC. The van der Waals surface area contributed by atoms with Gasteiger partial charge in [-0.05, 0) is 19.3 Å². The summed E-state index contributed by atoms with van der Waals surface area (Å²) in [5.74, 6) is -0.829. The number of hydrogen-bond acceptors (Lipinski definition) is 6. The average Bonchev–Trinajstić information content (AvgIpc) is 3.36. The van der Waals surface area contributed by atoms with Gasteiger partial charge >= 0.3 is 17.9 Å². The molecule has 0 bridgehead atoms. The Bertz CT molecular complexity index is 1040. The number of ether oxygens (including phenoxy) is 3. The number of esters is 3. The van der Waals surface area contributed by atoms with Crippen molar-refractivity contribution in [3.05, 3.63) is 0 Å². The van der Waals surface area contributed by atoms with Gasteiger partial charge in [-0.2, -0.15) is 0 Å². The molecule has 0 aliphatic carbocycles. The zero-order chi connectivity index (χ0) is 50.7. The van der Waals surface area contributed by atoms with Crippen LogP contribution in [0.1, 0.15) is 374 Å². The molecule has 0 radical (unpaired) electrons. The van der Waals surface area contributed by atoms with Gasteiger partial charge in [0.05, 0.1) is 0 Å². The van der Waals surface area contributed by atoms with E-state index in [-0.39, 0.29) is 31.1 Å². The number of rotatable bonds is 60. The molecule has 1 unspecified atom stereocenters. The monoisotopic (exact) mass is 989 g/mol. The molecule has 6 heteroatoms. The molecule has 0 aromatic carbocycles. The summed E-state index contributed by atoms with van der Waals surface area (Å²) in [7, 11) is 0. The third-order valence-electron chi connectivity index (χ3n) is 14.9. The lowest BCUT2D eigenvalue weighted by molar-refractivity contribution is -0.167. The molecule has 0 aromatic rings. The van der Waals surface area contributed by atoms with Crippen molar-refractivity contribution < 1.29 is 28.6 Å². The van der Waals surface area contributed by atoms with Gasteiger partial charge < -0.3 is 14.2 Å². The van der Waals surface area contributed by atoms with Crippen LogP contribution in [0.3, 0.4) is 0 Å². The lowest BCUT2D eigenvalue weighted by Gasteiger charge is -2.18. The molecule has 0 rings (SSSR count). The topological polar surface area (TPSA) is 78.9 Å². The molecule has 0 saturated heterocycles. The normalized spacial score (nSPS) is 11.9. The molecule has 0 spiro atoms.